The first-order valence-corrected chi connectivity index (χ1v) is 4.05. The molecule has 0 bridgehead atoms. The fraction of sp³-hybridized carbons (Fsp3) is 1.00. The highest BCUT2D eigenvalue weighted by Crippen LogP contribution is 2.20. The van der Waals surface area contributed by atoms with E-state index in [-0.39, 0.29) is 5.88 Å². The van der Waals surface area contributed by atoms with Crippen LogP contribution in [0.3, 0.4) is 0 Å². The molecule has 0 spiro atoms. The molecule has 1 saturated heterocycles. The van der Waals surface area contributed by atoms with Crippen LogP contribution >= 0.6 is 11.6 Å². The van der Waals surface area contributed by atoms with Crippen molar-refractivity contribution in [2.45, 2.75) is 30.7 Å². The van der Waals surface area contributed by atoms with Crippen LogP contribution in [0.15, 0.2) is 0 Å². The maximum Gasteiger partial charge on any atom is 0.184 e. The minimum absolute atomic E-state index is 0.0536. The standard InChI is InChI=1S/C6H11ClO5/c7-1-2-3(8)4(9)5(10)6(11)12-2/h2-6,8-11H,1H2/t2?,3-,4?,5+,6-/m1/s1. The SMILES string of the molecule is OC1[C@H](O)C(CCl)O[C@@H](O)[C@H]1O. The summed E-state index contributed by atoms with van der Waals surface area (Å²) < 4.78 is 4.69. The van der Waals surface area contributed by atoms with Gasteiger partial charge in [0.05, 0.1) is 5.88 Å². The van der Waals surface area contributed by atoms with Crippen LogP contribution in [0.25, 0.3) is 0 Å². The fourth-order valence-corrected chi connectivity index (χ4v) is 1.31. The second-order valence-corrected chi connectivity index (χ2v) is 3.00. The summed E-state index contributed by atoms with van der Waals surface area (Å²) in [5.74, 6) is -0.0536. The Morgan fingerprint density at radius 1 is 1.00 bits per heavy atom. The number of aliphatic hydroxyl groups excluding tert-OH is 4. The van der Waals surface area contributed by atoms with Crippen molar-refractivity contribution < 1.29 is 25.2 Å². The van der Waals surface area contributed by atoms with E-state index in [0.29, 0.717) is 0 Å². The average molecular weight is 199 g/mol. The van der Waals surface area contributed by atoms with Gasteiger partial charge in [-0.25, -0.2) is 0 Å². The Hall–Kier alpha value is 0.0900. The average Bonchev–Trinajstić information content (AvgIpc) is 2.08. The van der Waals surface area contributed by atoms with Crippen molar-refractivity contribution in [2.75, 3.05) is 5.88 Å². The summed E-state index contributed by atoms with van der Waals surface area (Å²) in [7, 11) is 0. The fourth-order valence-electron chi connectivity index (χ4n) is 1.06. The van der Waals surface area contributed by atoms with Gasteiger partial charge in [-0.2, -0.15) is 0 Å². The van der Waals surface area contributed by atoms with E-state index in [9.17, 15) is 5.11 Å². The molecule has 0 aliphatic carbocycles. The van der Waals surface area contributed by atoms with Gasteiger partial charge in [-0.1, -0.05) is 0 Å². The highest BCUT2D eigenvalue weighted by atomic mass is 35.5. The smallest absolute Gasteiger partial charge is 0.184 e. The number of rotatable bonds is 1. The van der Waals surface area contributed by atoms with Crippen LogP contribution < -0.4 is 0 Å². The Kier molecular flexibility index (Phi) is 3.28. The number of alkyl halides is 1. The summed E-state index contributed by atoms with van der Waals surface area (Å²) in [4.78, 5) is 0. The molecule has 0 aromatic rings. The maximum absolute atomic E-state index is 9.20. The van der Waals surface area contributed by atoms with Gasteiger partial charge in [0, 0.05) is 0 Å². The highest BCUT2D eigenvalue weighted by Gasteiger charge is 2.42. The van der Waals surface area contributed by atoms with Crippen LogP contribution in [0.1, 0.15) is 0 Å². The van der Waals surface area contributed by atoms with Crippen molar-refractivity contribution in [2.24, 2.45) is 0 Å². The molecule has 1 rings (SSSR count). The van der Waals surface area contributed by atoms with Crippen LogP contribution in [0, 0.1) is 0 Å². The first kappa shape index (κ1) is 10.2. The minimum atomic E-state index is -1.49. The summed E-state index contributed by atoms with van der Waals surface area (Å²) >= 11 is 5.36. The summed E-state index contributed by atoms with van der Waals surface area (Å²) in [6.07, 6.45) is -6.51. The Balaban J connectivity index is 2.63. The molecule has 0 amide bonds. The van der Waals surface area contributed by atoms with Gasteiger partial charge < -0.3 is 25.2 Å². The third-order valence-corrected chi connectivity index (χ3v) is 2.14. The third-order valence-electron chi connectivity index (χ3n) is 1.84. The normalized spacial score (nSPS) is 49.2. The molecule has 72 valence electrons. The zero-order valence-electron chi connectivity index (χ0n) is 6.17. The van der Waals surface area contributed by atoms with E-state index in [4.69, 9.17) is 31.7 Å². The monoisotopic (exact) mass is 198 g/mol. The van der Waals surface area contributed by atoms with Crippen molar-refractivity contribution in [1.29, 1.82) is 0 Å². The molecule has 12 heavy (non-hydrogen) atoms. The molecule has 6 heteroatoms. The lowest BCUT2D eigenvalue weighted by Crippen LogP contribution is -2.57. The second kappa shape index (κ2) is 3.87. The van der Waals surface area contributed by atoms with Gasteiger partial charge in [-0.05, 0) is 0 Å². The van der Waals surface area contributed by atoms with Crippen molar-refractivity contribution >= 4 is 11.6 Å². The molecule has 0 saturated carbocycles. The van der Waals surface area contributed by atoms with Gasteiger partial charge >= 0.3 is 0 Å². The minimum Gasteiger partial charge on any atom is -0.388 e. The molecule has 0 aromatic carbocycles. The summed E-state index contributed by atoms with van der Waals surface area (Å²) in [6.45, 7) is 0. The van der Waals surface area contributed by atoms with Gasteiger partial charge in [-0.15, -0.1) is 11.6 Å². The zero-order valence-corrected chi connectivity index (χ0v) is 6.92. The predicted molar refractivity (Wildman–Crippen MR) is 39.6 cm³/mol. The van der Waals surface area contributed by atoms with E-state index >= 15 is 0 Å². The molecular weight excluding hydrogens is 188 g/mol. The van der Waals surface area contributed by atoms with Crippen LogP contribution in [-0.2, 0) is 4.74 Å². The lowest BCUT2D eigenvalue weighted by molar-refractivity contribution is -0.276. The molecule has 4 N–H and O–H groups in total. The Bertz CT molecular complexity index is 150. The van der Waals surface area contributed by atoms with E-state index in [1.165, 1.54) is 0 Å². The summed E-state index contributed by atoms with van der Waals surface area (Å²) in [6, 6.07) is 0. The number of hydrogen-bond donors (Lipinski definition) is 4. The van der Waals surface area contributed by atoms with Crippen LogP contribution in [-0.4, -0.2) is 57.0 Å². The Morgan fingerprint density at radius 2 is 1.58 bits per heavy atom. The van der Waals surface area contributed by atoms with Gasteiger partial charge in [0.25, 0.3) is 0 Å². The van der Waals surface area contributed by atoms with Gasteiger partial charge in [0.1, 0.15) is 24.4 Å². The van der Waals surface area contributed by atoms with Gasteiger partial charge in [0.2, 0.25) is 0 Å². The van der Waals surface area contributed by atoms with E-state index in [0.717, 1.165) is 0 Å². The number of ether oxygens (including phenoxy) is 1. The van der Waals surface area contributed by atoms with Gasteiger partial charge in [-0.3, -0.25) is 0 Å². The second-order valence-electron chi connectivity index (χ2n) is 2.69. The van der Waals surface area contributed by atoms with Crippen molar-refractivity contribution in [3.63, 3.8) is 0 Å². The van der Waals surface area contributed by atoms with E-state index in [1.54, 1.807) is 0 Å². The Morgan fingerprint density at radius 3 is 2.08 bits per heavy atom. The predicted octanol–water partition coefficient (Wildman–Crippen LogP) is -1.97. The molecular formula is C6H11ClO5. The molecule has 1 heterocycles. The first-order valence-electron chi connectivity index (χ1n) is 3.51. The first-order chi connectivity index (χ1) is 5.57. The van der Waals surface area contributed by atoms with Crippen LogP contribution in [0.5, 0.6) is 0 Å². The topological polar surface area (TPSA) is 90.2 Å². The number of aliphatic hydroxyl groups is 4. The van der Waals surface area contributed by atoms with E-state index < -0.39 is 30.7 Å². The molecule has 0 radical (unpaired) electrons. The molecule has 1 fully saturated rings. The quantitative estimate of drug-likeness (QED) is 0.367. The highest BCUT2D eigenvalue weighted by molar-refractivity contribution is 6.18. The molecule has 1 aliphatic heterocycles. The molecule has 5 atom stereocenters. The number of halogens is 1. The van der Waals surface area contributed by atoms with E-state index in [2.05, 4.69) is 0 Å². The molecule has 2 unspecified atom stereocenters. The van der Waals surface area contributed by atoms with Gasteiger partial charge in [0.15, 0.2) is 6.29 Å². The van der Waals surface area contributed by atoms with E-state index in [1.807, 2.05) is 0 Å². The van der Waals surface area contributed by atoms with Crippen LogP contribution in [0.2, 0.25) is 0 Å². The maximum atomic E-state index is 9.20. The number of hydrogen-bond acceptors (Lipinski definition) is 5. The lowest BCUT2D eigenvalue weighted by Gasteiger charge is -2.37. The van der Waals surface area contributed by atoms with Crippen molar-refractivity contribution in [3.05, 3.63) is 0 Å². The Labute approximate surface area is 74.2 Å². The third kappa shape index (κ3) is 1.71. The zero-order chi connectivity index (χ0) is 9.30. The lowest BCUT2D eigenvalue weighted by atomic mass is 10.0. The summed E-state index contributed by atoms with van der Waals surface area (Å²) in [5.41, 5.74) is 0. The molecule has 5 nitrogen and oxygen atoms in total. The summed E-state index contributed by atoms with van der Waals surface area (Å²) in [5, 5.41) is 36.3. The van der Waals surface area contributed by atoms with Crippen molar-refractivity contribution in [3.8, 4) is 0 Å². The van der Waals surface area contributed by atoms with Crippen LogP contribution in [0.4, 0.5) is 0 Å². The molecule has 0 aromatic heterocycles. The van der Waals surface area contributed by atoms with Crippen molar-refractivity contribution in [1.82, 2.24) is 0 Å². The largest absolute Gasteiger partial charge is 0.388 e. The molecule has 1 aliphatic rings.